The number of benzene rings is 1. The van der Waals surface area contributed by atoms with Crippen molar-refractivity contribution in [3.05, 3.63) is 23.8 Å². The molecule has 0 heterocycles. The summed E-state index contributed by atoms with van der Waals surface area (Å²) >= 11 is 1.52. The van der Waals surface area contributed by atoms with E-state index in [4.69, 9.17) is 5.73 Å². The zero-order valence-corrected chi connectivity index (χ0v) is 7.19. The number of rotatable bonds is 2. The fourth-order valence-electron chi connectivity index (χ4n) is 0.897. The van der Waals surface area contributed by atoms with Crippen molar-refractivity contribution in [3.63, 3.8) is 0 Å². The van der Waals surface area contributed by atoms with Crippen molar-refractivity contribution in [1.29, 1.82) is 0 Å². The molecule has 0 unspecified atom stereocenters. The van der Waals surface area contributed by atoms with Crippen molar-refractivity contribution in [2.24, 2.45) is 5.73 Å². The SMILES string of the molecule is CSc1cccc(CN)c1O. The third kappa shape index (κ3) is 1.67. The minimum absolute atomic E-state index is 0.322. The molecular weight excluding hydrogens is 158 g/mol. The summed E-state index contributed by atoms with van der Waals surface area (Å²) in [5.41, 5.74) is 6.21. The van der Waals surface area contributed by atoms with Crippen LogP contribution < -0.4 is 5.73 Å². The molecule has 0 aromatic heterocycles. The number of hydrogen-bond acceptors (Lipinski definition) is 3. The zero-order chi connectivity index (χ0) is 8.27. The van der Waals surface area contributed by atoms with Crippen LogP contribution in [0.3, 0.4) is 0 Å². The van der Waals surface area contributed by atoms with Crippen LogP contribution in [0, 0.1) is 0 Å². The first-order valence-electron chi connectivity index (χ1n) is 3.34. The average molecular weight is 169 g/mol. The fourth-order valence-corrected chi connectivity index (χ4v) is 1.44. The summed E-state index contributed by atoms with van der Waals surface area (Å²) in [7, 11) is 0. The molecule has 0 radical (unpaired) electrons. The maximum absolute atomic E-state index is 9.49. The second-order valence-electron chi connectivity index (χ2n) is 2.17. The molecule has 1 aromatic carbocycles. The average Bonchev–Trinajstić information content (AvgIpc) is 2.05. The third-order valence-electron chi connectivity index (χ3n) is 1.52. The van der Waals surface area contributed by atoms with E-state index in [-0.39, 0.29) is 0 Å². The maximum atomic E-state index is 9.49. The van der Waals surface area contributed by atoms with E-state index in [0.29, 0.717) is 12.3 Å². The van der Waals surface area contributed by atoms with Crippen molar-refractivity contribution < 1.29 is 5.11 Å². The van der Waals surface area contributed by atoms with Crippen LogP contribution in [0.15, 0.2) is 23.1 Å². The molecule has 0 aliphatic heterocycles. The summed E-state index contributed by atoms with van der Waals surface area (Å²) in [6.45, 7) is 0.389. The lowest BCUT2D eigenvalue weighted by atomic mass is 10.2. The van der Waals surface area contributed by atoms with E-state index < -0.39 is 0 Å². The second kappa shape index (κ2) is 3.64. The predicted molar refractivity (Wildman–Crippen MR) is 47.8 cm³/mol. The Bertz CT molecular complexity index is 228. The fraction of sp³-hybridized carbons (Fsp3) is 0.250. The van der Waals surface area contributed by atoms with E-state index in [1.54, 1.807) is 0 Å². The molecule has 0 aliphatic rings. The first-order valence-corrected chi connectivity index (χ1v) is 4.57. The maximum Gasteiger partial charge on any atom is 0.133 e. The number of phenolic OH excluding ortho intramolecular Hbond substituents is 1. The van der Waals surface area contributed by atoms with E-state index in [1.807, 2.05) is 24.5 Å². The van der Waals surface area contributed by atoms with E-state index in [9.17, 15) is 5.11 Å². The van der Waals surface area contributed by atoms with Gasteiger partial charge in [0.2, 0.25) is 0 Å². The van der Waals surface area contributed by atoms with Crippen molar-refractivity contribution in [2.45, 2.75) is 11.4 Å². The normalized spacial score (nSPS) is 10.0. The Kier molecular flexibility index (Phi) is 2.79. The van der Waals surface area contributed by atoms with Crippen LogP contribution in [0.1, 0.15) is 5.56 Å². The molecule has 0 fully saturated rings. The monoisotopic (exact) mass is 169 g/mol. The second-order valence-corrected chi connectivity index (χ2v) is 3.02. The van der Waals surface area contributed by atoms with E-state index >= 15 is 0 Å². The number of nitrogens with two attached hydrogens (primary N) is 1. The summed E-state index contributed by atoms with van der Waals surface area (Å²) in [4.78, 5) is 0.882. The van der Waals surface area contributed by atoms with Crippen LogP contribution in [-0.2, 0) is 6.54 Å². The van der Waals surface area contributed by atoms with Crippen molar-refractivity contribution >= 4 is 11.8 Å². The van der Waals surface area contributed by atoms with Crippen LogP contribution in [0.25, 0.3) is 0 Å². The Morgan fingerprint density at radius 2 is 2.27 bits per heavy atom. The molecule has 0 saturated heterocycles. The van der Waals surface area contributed by atoms with Crippen molar-refractivity contribution in [1.82, 2.24) is 0 Å². The lowest BCUT2D eigenvalue weighted by Crippen LogP contribution is -1.96. The molecule has 0 aliphatic carbocycles. The highest BCUT2D eigenvalue weighted by molar-refractivity contribution is 7.98. The van der Waals surface area contributed by atoms with Crippen LogP contribution in [0.2, 0.25) is 0 Å². The molecule has 3 N–H and O–H groups in total. The first kappa shape index (κ1) is 8.43. The molecule has 1 rings (SSSR count). The van der Waals surface area contributed by atoms with Crippen LogP contribution in [-0.4, -0.2) is 11.4 Å². The quantitative estimate of drug-likeness (QED) is 0.661. The lowest BCUT2D eigenvalue weighted by Gasteiger charge is -2.04. The number of phenols is 1. The van der Waals surface area contributed by atoms with Gasteiger partial charge in [-0.3, -0.25) is 0 Å². The highest BCUT2D eigenvalue weighted by Crippen LogP contribution is 2.29. The Labute approximate surface area is 70.4 Å². The van der Waals surface area contributed by atoms with Gasteiger partial charge in [-0.1, -0.05) is 12.1 Å². The van der Waals surface area contributed by atoms with Crippen LogP contribution >= 0.6 is 11.8 Å². The van der Waals surface area contributed by atoms with E-state index in [1.165, 1.54) is 11.8 Å². The molecule has 11 heavy (non-hydrogen) atoms. The molecule has 1 aromatic rings. The highest BCUT2D eigenvalue weighted by atomic mass is 32.2. The number of aromatic hydroxyl groups is 1. The minimum atomic E-state index is 0.322. The molecule has 0 amide bonds. The molecule has 60 valence electrons. The van der Waals surface area contributed by atoms with Crippen molar-refractivity contribution in [3.8, 4) is 5.75 Å². The van der Waals surface area contributed by atoms with Gasteiger partial charge in [-0.15, -0.1) is 11.8 Å². The van der Waals surface area contributed by atoms with Gasteiger partial charge in [0.05, 0.1) is 0 Å². The van der Waals surface area contributed by atoms with E-state index in [0.717, 1.165) is 10.5 Å². The van der Waals surface area contributed by atoms with Gasteiger partial charge in [-0.25, -0.2) is 0 Å². The molecular formula is C8H11NOS. The highest BCUT2D eigenvalue weighted by Gasteiger charge is 2.02. The lowest BCUT2D eigenvalue weighted by molar-refractivity contribution is 0.455. The number of thioether (sulfide) groups is 1. The largest absolute Gasteiger partial charge is 0.506 e. The smallest absolute Gasteiger partial charge is 0.133 e. The first-order chi connectivity index (χ1) is 5.29. The third-order valence-corrected chi connectivity index (χ3v) is 2.29. The summed E-state index contributed by atoms with van der Waals surface area (Å²) < 4.78 is 0. The topological polar surface area (TPSA) is 46.2 Å². The van der Waals surface area contributed by atoms with Gasteiger partial charge in [0.15, 0.2) is 0 Å². The number of para-hydroxylation sites is 1. The Morgan fingerprint density at radius 3 is 2.82 bits per heavy atom. The van der Waals surface area contributed by atoms with Gasteiger partial charge in [-0.2, -0.15) is 0 Å². The molecule has 0 bridgehead atoms. The Hall–Kier alpha value is -0.670. The van der Waals surface area contributed by atoms with Gasteiger partial charge >= 0.3 is 0 Å². The van der Waals surface area contributed by atoms with Gasteiger partial charge in [-0.05, 0) is 12.3 Å². The summed E-state index contributed by atoms with van der Waals surface area (Å²) in [5.74, 6) is 0.322. The van der Waals surface area contributed by atoms with Gasteiger partial charge in [0.25, 0.3) is 0 Å². The Balaban J connectivity index is 3.10. The molecule has 0 atom stereocenters. The molecule has 0 spiro atoms. The summed E-state index contributed by atoms with van der Waals surface area (Å²) in [5, 5.41) is 9.49. The molecule has 2 nitrogen and oxygen atoms in total. The summed E-state index contributed by atoms with van der Waals surface area (Å²) in [6, 6.07) is 5.60. The van der Waals surface area contributed by atoms with Gasteiger partial charge in [0, 0.05) is 17.0 Å². The number of hydrogen-bond donors (Lipinski definition) is 2. The van der Waals surface area contributed by atoms with Crippen LogP contribution in [0.4, 0.5) is 0 Å². The molecule has 0 saturated carbocycles. The standard InChI is InChI=1S/C8H11NOS/c1-11-7-4-2-3-6(5-9)8(7)10/h2-4,10H,5,9H2,1H3. The van der Waals surface area contributed by atoms with Gasteiger partial charge in [0.1, 0.15) is 5.75 Å². The zero-order valence-electron chi connectivity index (χ0n) is 6.37. The summed E-state index contributed by atoms with van der Waals surface area (Å²) in [6.07, 6.45) is 1.93. The minimum Gasteiger partial charge on any atom is -0.506 e. The molecule has 3 heteroatoms. The van der Waals surface area contributed by atoms with Crippen LogP contribution in [0.5, 0.6) is 5.75 Å². The van der Waals surface area contributed by atoms with Gasteiger partial charge < -0.3 is 10.8 Å². The Morgan fingerprint density at radius 1 is 1.55 bits per heavy atom. The predicted octanol–water partition coefficient (Wildman–Crippen LogP) is 1.57. The van der Waals surface area contributed by atoms with E-state index in [2.05, 4.69) is 0 Å². The van der Waals surface area contributed by atoms with Crippen molar-refractivity contribution in [2.75, 3.05) is 6.26 Å².